The summed E-state index contributed by atoms with van der Waals surface area (Å²) in [7, 11) is 1.54. The number of anilines is 1. The standard InChI is InChI=1S/C25H21BrN2O4/c1-16-8-10-17(11-9-16)15-32-23-18(12-19(26)14-22(23)31-2)13-21-24(29)27-28(25(21)30)20-6-4-3-5-7-20/h3-14H,15H2,1-2H3,(H,27,29)/b21-13+. The second-order valence-electron chi connectivity index (χ2n) is 7.28. The van der Waals surface area contributed by atoms with Crippen LogP contribution in [0, 0.1) is 6.92 Å². The van der Waals surface area contributed by atoms with E-state index in [-0.39, 0.29) is 5.57 Å². The number of hydrogen-bond donors (Lipinski definition) is 1. The first-order valence-electron chi connectivity index (χ1n) is 9.94. The van der Waals surface area contributed by atoms with E-state index in [9.17, 15) is 9.59 Å². The minimum absolute atomic E-state index is 0.00851. The Labute approximate surface area is 194 Å². The smallest absolute Gasteiger partial charge is 0.282 e. The molecule has 0 radical (unpaired) electrons. The summed E-state index contributed by atoms with van der Waals surface area (Å²) in [6.45, 7) is 2.33. The van der Waals surface area contributed by atoms with E-state index < -0.39 is 11.8 Å². The number of hydrazine groups is 1. The molecule has 1 saturated heterocycles. The average molecular weight is 493 g/mol. The van der Waals surface area contributed by atoms with Crippen LogP contribution in [0.3, 0.4) is 0 Å². The fourth-order valence-electron chi connectivity index (χ4n) is 3.31. The van der Waals surface area contributed by atoms with Gasteiger partial charge in [0.15, 0.2) is 11.5 Å². The highest BCUT2D eigenvalue weighted by Crippen LogP contribution is 2.37. The molecule has 0 spiro atoms. The van der Waals surface area contributed by atoms with Gasteiger partial charge in [-0.25, -0.2) is 5.01 Å². The first-order valence-corrected chi connectivity index (χ1v) is 10.7. The zero-order valence-corrected chi connectivity index (χ0v) is 19.2. The second kappa shape index (κ2) is 9.28. The fourth-order valence-corrected chi connectivity index (χ4v) is 3.77. The summed E-state index contributed by atoms with van der Waals surface area (Å²) in [6, 6.07) is 20.5. The van der Waals surface area contributed by atoms with Crippen molar-refractivity contribution in [3.63, 3.8) is 0 Å². The number of halogens is 1. The van der Waals surface area contributed by atoms with Gasteiger partial charge in [-0.1, -0.05) is 64.0 Å². The number of carbonyl (C=O) groups excluding carboxylic acids is 2. The third kappa shape index (κ3) is 4.53. The molecule has 0 aliphatic carbocycles. The first kappa shape index (κ1) is 21.6. The van der Waals surface area contributed by atoms with E-state index in [2.05, 4.69) is 21.4 Å². The number of nitrogens with one attached hydrogen (secondary N) is 1. The van der Waals surface area contributed by atoms with Gasteiger partial charge < -0.3 is 9.47 Å². The van der Waals surface area contributed by atoms with Crippen LogP contribution in [-0.2, 0) is 16.2 Å². The van der Waals surface area contributed by atoms with Crippen LogP contribution in [0.2, 0.25) is 0 Å². The molecule has 0 unspecified atom stereocenters. The number of carbonyl (C=O) groups is 2. The highest BCUT2D eigenvalue weighted by atomic mass is 79.9. The Morgan fingerprint density at radius 2 is 1.75 bits per heavy atom. The Bertz CT molecular complexity index is 1190. The van der Waals surface area contributed by atoms with Crippen molar-refractivity contribution in [3.8, 4) is 11.5 Å². The van der Waals surface area contributed by atoms with Crippen LogP contribution in [0.25, 0.3) is 6.08 Å². The summed E-state index contributed by atoms with van der Waals surface area (Å²) < 4.78 is 12.3. The minimum atomic E-state index is -0.484. The van der Waals surface area contributed by atoms with Gasteiger partial charge in [0.2, 0.25) is 0 Å². The minimum Gasteiger partial charge on any atom is -0.493 e. The molecule has 1 N–H and O–H groups in total. The molecular formula is C25H21BrN2O4. The third-order valence-corrected chi connectivity index (χ3v) is 5.44. The van der Waals surface area contributed by atoms with Gasteiger partial charge in [0.1, 0.15) is 12.2 Å². The van der Waals surface area contributed by atoms with Gasteiger partial charge in [-0.2, -0.15) is 0 Å². The Morgan fingerprint density at radius 3 is 2.44 bits per heavy atom. The van der Waals surface area contributed by atoms with E-state index >= 15 is 0 Å². The number of rotatable bonds is 6. The lowest BCUT2D eigenvalue weighted by atomic mass is 10.1. The predicted octanol–water partition coefficient (Wildman–Crippen LogP) is 4.81. The molecule has 162 valence electrons. The highest BCUT2D eigenvalue weighted by Gasteiger charge is 2.34. The lowest BCUT2D eigenvalue weighted by molar-refractivity contribution is -0.117. The number of para-hydroxylation sites is 1. The summed E-state index contributed by atoms with van der Waals surface area (Å²) >= 11 is 3.46. The number of benzene rings is 3. The van der Waals surface area contributed by atoms with Gasteiger partial charge in [0.25, 0.3) is 11.8 Å². The Kier molecular flexibility index (Phi) is 6.28. The zero-order chi connectivity index (χ0) is 22.7. The average Bonchev–Trinajstić information content (AvgIpc) is 3.08. The van der Waals surface area contributed by atoms with Crippen molar-refractivity contribution >= 4 is 39.5 Å². The molecule has 0 saturated carbocycles. The summed E-state index contributed by atoms with van der Waals surface area (Å²) in [5, 5.41) is 1.23. The molecule has 1 heterocycles. The molecule has 0 aromatic heterocycles. The monoisotopic (exact) mass is 492 g/mol. The van der Waals surface area contributed by atoms with Crippen LogP contribution in [0.5, 0.6) is 11.5 Å². The molecule has 3 aromatic rings. The van der Waals surface area contributed by atoms with Crippen molar-refractivity contribution in [1.29, 1.82) is 0 Å². The van der Waals surface area contributed by atoms with E-state index in [0.717, 1.165) is 15.6 Å². The lowest BCUT2D eigenvalue weighted by Crippen LogP contribution is -2.35. The predicted molar refractivity (Wildman–Crippen MR) is 126 cm³/mol. The molecule has 3 aromatic carbocycles. The van der Waals surface area contributed by atoms with Crippen LogP contribution in [0.1, 0.15) is 16.7 Å². The first-order chi connectivity index (χ1) is 15.5. The SMILES string of the molecule is COc1cc(Br)cc(/C=C2\C(=O)NN(c3ccccc3)C2=O)c1OCc1ccc(C)cc1. The molecule has 0 bridgehead atoms. The molecule has 1 aliphatic heterocycles. The van der Waals surface area contributed by atoms with Crippen molar-refractivity contribution < 1.29 is 19.1 Å². The normalized spacial score (nSPS) is 14.6. The maximum Gasteiger partial charge on any atom is 0.282 e. The largest absolute Gasteiger partial charge is 0.493 e. The number of ether oxygens (including phenoxy) is 2. The maximum absolute atomic E-state index is 13.0. The van der Waals surface area contributed by atoms with Crippen LogP contribution in [0.4, 0.5) is 5.69 Å². The fraction of sp³-hybridized carbons (Fsp3) is 0.120. The van der Waals surface area contributed by atoms with Gasteiger partial charge >= 0.3 is 0 Å². The van der Waals surface area contributed by atoms with E-state index in [1.807, 2.05) is 37.3 Å². The summed E-state index contributed by atoms with van der Waals surface area (Å²) in [4.78, 5) is 25.6. The molecule has 7 heteroatoms. The van der Waals surface area contributed by atoms with E-state index in [1.165, 1.54) is 11.1 Å². The van der Waals surface area contributed by atoms with Crippen LogP contribution in [0.15, 0.2) is 76.8 Å². The number of hydrogen-bond acceptors (Lipinski definition) is 4. The summed E-state index contributed by atoms with van der Waals surface area (Å²) in [5.74, 6) is 0.0125. The number of nitrogens with zero attached hydrogens (tertiary/aromatic N) is 1. The Hall–Kier alpha value is -3.58. The van der Waals surface area contributed by atoms with Crippen molar-refractivity contribution in [3.05, 3.63) is 93.5 Å². The van der Waals surface area contributed by atoms with E-state index in [4.69, 9.17) is 9.47 Å². The van der Waals surface area contributed by atoms with Crippen LogP contribution in [-0.4, -0.2) is 18.9 Å². The lowest BCUT2D eigenvalue weighted by Gasteiger charge is -2.15. The molecule has 32 heavy (non-hydrogen) atoms. The topological polar surface area (TPSA) is 67.9 Å². The number of amides is 2. The quantitative estimate of drug-likeness (QED) is 0.396. The van der Waals surface area contributed by atoms with Crippen LogP contribution < -0.4 is 19.9 Å². The van der Waals surface area contributed by atoms with Crippen molar-refractivity contribution in [2.75, 3.05) is 12.1 Å². The van der Waals surface area contributed by atoms with E-state index in [1.54, 1.807) is 43.5 Å². The molecule has 0 atom stereocenters. The van der Waals surface area contributed by atoms with Gasteiger partial charge in [0.05, 0.1) is 12.8 Å². The highest BCUT2D eigenvalue weighted by molar-refractivity contribution is 9.10. The van der Waals surface area contributed by atoms with Gasteiger partial charge in [-0.3, -0.25) is 15.0 Å². The van der Waals surface area contributed by atoms with Gasteiger partial charge in [-0.05, 0) is 42.8 Å². The van der Waals surface area contributed by atoms with E-state index in [0.29, 0.717) is 29.4 Å². The third-order valence-electron chi connectivity index (χ3n) is 4.98. The zero-order valence-electron chi connectivity index (χ0n) is 17.6. The van der Waals surface area contributed by atoms with Crippen LogP contribution >= 0.6 is 15.9 Å². The van der Waals surface area contributed by atoms with Gasteiger partial charge in [0, 0.05) is 10.0 Å². The Balaban J connectivity index is 1.68. The molecule has 4 rings (SSSR count). The maximum atomic E-state index is 13.0. The number of methoxy groups -OCH3 is 1. The molecule has 1 aliphatic rings. The van der Waals surface area contributed by atoms with Crippen molar-refractivity contribution in [1.82, 2.24) is 5.43 Å². The molecule has 2 amide bonds. The second-order valence-corrected chi connectivity index (χ2v) is 8.19. The molecular weight excluding hydrogens is 472 g/mol. The Morgan fingerprint density at radius 1 is 1.03 bits per heavy atom. The molecule has 6 nitrogen and oxygen atoms in total. The van der Waals surface area contributed by atoms with Gasteiger partial charge in [-0.15, -0.1) is 0 Å². The number of aryl methyl sites for hydroxylation is 1. The molecule has 1 fully saturated rings. The van der Waals surface area contributed by atoms with Crippen molar-refractivity contribution in [2.45, 2.75) is 13.5 Å². The summed E-state index contributed by atoms with van der Waals surface area (Å²) in [5.41, 5.74) is 5.90. The summed E-state index contributed by atoms with van der Waals surface area (Å²) in [6.07, 6.45) is 1.53. The van der Waals surface area contributed by atoms with Crippen molar-refractivity contribution in [2.24, 2.45) is 0 Å².